The SMILES string of the molecule is O=S(=O)(NCCCCCO)c1ccc(Cl)c(F)c1Cl. The minimum absolute atomic E-state index is 0.0704. The van der Waals surface area contributed by atoms with Crippen LogP contribution in [0.4, 0.5) is 4.39 Å². The van der Waals surface area contributed by atoms with Gasteiger partial charge in [-0.15, -0.1) is 0 Å². The Morgan fingerprint density at radius 1 is 1.21 bits per heavy atom. The van der Waals surface area contributed by atoms with Gasteiger partial charge in [0.2, 0.25) is 10.0 Å². The molecule has 0 aromatic heterocycles. The van der Waals surface area contributed by atoms with Crippen LogP contribution < -0.4 is 4.72 Å². The predicted octanol–water partition coefficient (Wildman–Crippen LogP) is 2.57. The fourth-order valence-corrected chi connectivity index (χ4v) is 3.23. The minimum atomic E-state index is -3.86. The van der Waals surface area contributed by atoms with Gasteiger partial charge in [0.15, 0.2) is 5.82 Å². The molecule has 0 atom stereocenters. The van der Waals surface area contributed by atoms with E-state index >= 15 is 0 Å². The number of unbranched alkanes of at least 4 members (excludes halogenated alkanes) is 2. The lowest BCUT2D eigenvalue weighted by atomic mass is 10.2. The normalized spacial score (nSPS) is 11.8. The van der Waals surface area contributed by atoms with Crippen LogP contribution in [0.1, 0.15) is 19.3 Å². The Hall–Kier alpha value is -0.400. The van der Waals surface area contributed by atoms with E-state index in [0.717, 1.165) is 12.1 Å². The predicted molar refractivity (Wildman–Crippen MR) is 72.5 cm³/mol. The summed E-state index contributed by atoms with van der Waals surface area (Å²) in [5, 5.41) is 7.84. The number of aliphatic hydroxyl groups excluding tert-OH is 1. The van der Waals surface area contributed by atoms with E-state index in [1.165, 1.54) is 0 Å². The molecule has 0 saturated carbocycles. The van der Waals surface area contributed by atoms with Gasteiger partial charge < -0.3 is 5.11 Å². The Labute approximate surface area is 121 Å². The van der Waals surface area contributed by atoms with Crippen LogP contribution >= 0.6 is 23.2 Å². The Morgan fingerprint density at radius 3 is 2.53 bits per heavy atom. The smallest absolute Gasteiger partial charge is 0.242 e. The molecule has 0 unspecified atom stereocenters. The van der Waals surface area contributed by atoms with Gasteiger partial charge in [0.1, 0.15) is 4.90 Å². The third-order valence-corrected chi connectivity index (χ3v) is 4.69. The fraction of sp³-hybridized carbons (Fsp3) is 0.455. The van der Waals surface area contributed by atoms with Crippen LogP contribution in [0.3, 0.4) is 0 Å². The number of halogens is 3. The lowest BCUT2D eigenvalue weighted by molar-refractivity contribution is 0.283. The lowest BCUT2D eigenvalue weighted by Crippen LogP contribution is -2.25. The van der Waals surface area contributed by atoms with Crippen molar-refractivity contribution in [2.75, 3.05) is 13.2 Å². The largest absolute Gasteiger partial charge is 0.396 e. The van der Waals surface area contributed by atoms with Crippen molar-refractivity contribution in [2.45, 2.75) is 24.2 Å². The van der Waals surface area contributed by atoms with Crippen molar-refractivity contribution in [3.8, 4) is 0 Å². The standard InChI is InChI=1S/C11H14Cl2FNO3S/c12-8-4-5-9(10(13)11(8)14)19(17,18)15-6-2-1-3-7-16/h4-5,15-16H,1-3,6-7H2. The van der Waals surface area contributed by atoms with Crippen molar-refractivity contribution in [1.82, 2.24) is 4.72 Å². The summed E-state index contributed by atoms with van der Waals surface area (Å²) < 4.78 is 39.5. The summed E-state index contributed by atoms with van der Waals surface area (Å²) >= 11 is 11.1. The summed E-state index contributed by atoms with van der Waals surface area (Å²) in [5.41, 5.74) is 0. The average Bonchev–Trinajstić information content (AvgIpc) is 2.35. The number of nitrogens with one attached hydrogen (secondary N) is 1. The van der Waals surface area contributed by atoms with Gasteiger partial charge in [0.05, 0.1) is 10.0 Å². The van der Waals surface area contributed by atoms with Crippen molar-refractivity contribution < 1.29 is 17.9 Å². The van der Waals surface area contributed by atoms with E-state index in [-0.39, 0.29) is 23.1 Å². The molecule has 0 heterocycles. The van der Waals surface area contributed by atoms with Crippen LogP contribution in [0.2, 0.25) is 10.0 Å². The van der Waals surface area contributed by atoms with E-state index in [4.69, 9.17) is 28.3 Å². The molecule has 2 N–H and O–H groups in total. The Bertz CT molecular complexity index is 537. The number of benzene rings is 1. The van der Waals surface area contributed by atoms with E-state index < -0.39 is 20.9 Å². The third kappa shape index (κ3) is 4.57. The second-order valence-electron chi connectivity index (χ2n) is 3.86. The van der Waals surface area contributed by atoms with Gasteiger partial charge in [-0.2, -0.15) is 0 Å². The summed E-state index contributed by atoms with van der Waals surface area (Å²) in [7, 11) is -3.86. The molecule has 0 radical (unpaired) electrons. The summed E-state index contributed by atoms with van der Waals surface area (Å²) in [6, 6.07) is 2.30. The molecule has 108 valence electrons. The van der Waals surface area contributed by atoms with Gasteiger partial charge in [-0.1, -0.05) is 23.2 Å². The molecular formula is C11H14Cl2FNO3S. The molecular weight excluding hydrogens is 316 g/mol. The molecule has 0 aliphatic heterocycles. The molecule has 0 fully saturated rings. The summed E-state index contributed by atoms with van der Waals surface area (Å²) in [6.45, 7) is 0.268. The molecule has 0 amide bonds. The molecule has 8 heteroatoms. The molecule has 1 rings (SSSR count). The molecule has 1 aromatic rings. The monoisotopic (exact) mass is 329 g/mol. The second kappa shape index (κ2) is 7.40. The van der Waals surface area contributed by atoms with Gasteiger partial charge in [0.25, 0.3) is 0 Å². The summed E-state index contributed by atoms with van der Waals surface area (Å²) in [4.78, 5) is -0.335. The Balaban J connectivity index is 2.75. The van der Waals surface area contributed by atoms with Crippen LogP contribution in [-0.4, -0.2) is 26.7 Å². The van der Waals surface area contributed by atoms with E-state index in [1.807, 2.05) is 0 Å². The van der Waals surface area contributed by atoms with Crippen LogP contribution in [0.25, 0.3) is 0 Å². The Kier molecular flexibility index (Phi) is 6.49. The maximum absolute atomic E-state index is 13.4. The first-order chi connectivity index (χ1) is 8.90. The first-order valence-corrected chi connectivity index (χ1v) is 7.88. The van der Waals surface area contributed by atoms with Crippen molar-refractivity contribution in [3.63, 3.8) is 0 Å². The highest BCUT2D eigenvalue weighted by Crippen LogP contribution is 2.29. The number of hydrogen-bond donors (Lipinski definition) is 2. The highest BCUT2D eigenvalue weighted by atomic mass is 35.5. The summed E-state index contributed by atoms with van der Waals surface area (Å²) in [6.07, 6.45) is 1.88. The first-order valence-electron chi connectivity index (χ1n) is 5.64. The van der Waals surface area contributed by atoms with E-state index in [0.29, 0.717) is 19.3 Å². The quantitative estimate of drug-likeness (QED) is 0.596. The zero-order chi connectivity index (χ0) is 14.5. The van der Waals surface area contributed by atoms with Gasteiger partial charge in [-0.05, 0) is 31.4 Å². The van der Waals surface area contributed by atoms with Crippen LogP contribution in [0.15, 0.2) is 17.0 Å². The minimum Gasteiger partial charge on any atom is -0.396 e. The number of rotatable bonds is 7. The molecule has 4 nitrogen and oxygen atoms in total. The van der Waals surface area contributed by atoms with Crippen molar-refractivity contribution >= 4 is 33.2 Å². The summed E-state index contributed by atoms with van der Waals surface area (Å²) in [5.74, 6) is -0.952. The van der Waals surface area contributed by atoms with Gasteiger partial charge >= 0.3 is 0 Å². The zero-order valence-corrected chi connectivity index (χ0v) is 12.3. The average molecular weight is 330 g/mol. The Morgan fingerprint density at radius 2 is 1.89 bits per heavy atom. The fourth-order valence-electron chi connectivity index (χ4n) is 1.41. The van der Waals surface area contributed by atoms with E-state index in [1.54, 1.807) is 0 Å². The maximum atomic E-state index is 13.4. The van der Waals surface area contributed by atoms with Crippen molar-refractivity contribution in [2.24, 2.45) is 0 Å². The second-order valence-corrected chi connectivity index (χ2v) is 6.38. The third-order valence-electron chi connectivity index (χ3n) is 2.42. The zero-order valence-electron chi connectivity index (χ0n) is 10.00. The van der Waals surface area contributed by atoms with Crippen LogP contribution in [0.5, 0.6) is 0 Å². The molecule has 0 aliphatic rings. The van der Waals surface area contributed by atoms with Crippen molar-refractivity contribution in [1.29, 1.82) is 0 Å². The molecule has 0 saturated heterocycles. The van der Waals surface area contributed by atoms with Crippen LogP contribution in [0, 0.1) is 5.82 Å². The molecule has 0 bridgehead atoms. The molecule has 0 spiro atoms. The number of hydrogen-bond acceptors (Lipinski definition) is 3. The topological polar surface area (TPSA) is 66.4 Å². The highest BCUT2D eigenvalue weighted by Gasteiger charge is 2.21. The van der Waals surface area contributed by atoms with Crippen LogP contribution in [-0.2, 0) is 10.0 Å². The van der Waals surface area contributed by atoms with Gasteiger partial charge in [-0.3, -0.25) is 0 Å². The first kappa shape index (κ1) is 16.7. The van der Waals surface area contributed by atoms with Gasteiger partial charge in [0, 0.05) is 13.2 Å². The van der Waals surface area contributed by atoms with Crippen molar-refractivity contribution in [3.05, 3.63) is 28.0 Å². The van der Waals surface area contributed by atoms with E-state index in [2.05, 4.69) is 4.72 Å². The molecule has 19 heavy (non-hydrogen) atoms. The maximum Gasteiger partial charge on any atom is 0.242 e. The number of aliphatic hydroxyl groups is 1. The molecule has 1 aromatic carbocycles. The lowest BCUT2D eigenvalue weighted by Gasteiger charge is -2.09. The highest BCUT2D eigenvalue weighted by molar-refractivity contribution is 7.89. The van der Waals surface area contributed by atoms with E-state index in [9.17, 15) is 12.8 Å². The van der Waals surface area contributed by atoms with Gasteiger partial charge in [-0.25, -0.2) is 17.5 Å². The number of sulfonamides is 1. The molecule has 0 aliphatic carbocycles.